The van der Waals surface area contributed by atoms with Crippen molar-refractivity contribution in [1.29, 1.82) is 0 Å². The monoisotopic (exact) mass is 418 g/mol. The van der Waals surface area contributed by atoms with Crippen molar-refractivity contribution in [3.05, 3.63) is 95.6 Å². The van der Waals surface area contributed by atoms with E-state index in [9.17, 15) is 9.59 Å². The van der Waals surface area contributed by atoms with E-state index in [1.807, 2.05) is 60.7 Å². The topological polar surface area (TPSA) is 61.8 Å². The predicted molar refractivity (Wildman–Crippen MR) is 119 cm³/mol. The van der Waals surface area contributed by atoms with Crippen molar-refractivity contribution in [1.82, 2.24) is 0 Å². The van der Waals surface area contributed by atoms with Crippen LogP contribution in [0.5, 0.6) is 11.5 Å². The Hall–Kier alpha value is -3.60. The molecule has 0 spiro atoms. The number of Topliss-reactive ketones (excluding diaryl/α,β-unsaturated/α-hetero) is 1. The van der Waals surface area contributed by atoms with Gasteiger partial charge in [-0.15, -0.1) is 0 Å². The third-order valence-corrected chi connectivity index (χ3v) is 5.06. The van der Waals surface area contributed by atoms with Gasteiger partial charge in [0.1, 0.15) is 18.1 Å². The van der Waals surface area contributed by atoms with Crippen molar-refractivity contribution in [2.75, 3.05) is 14.2 Å². The highest BCUT2D eigenvalue weighted by atomic mass is 16.5. The molecular weight excluding hydrogens is 392 g/mol. The first-order valence-electron chi connectivity index (χ1n) is 10.1. The number of para-hydroxylation sites is 1. The lowest BCUT2D eigenvalue weighted by Gasteiger charge is -2.19. The first-order chi connectivity index (χ1) is 15.1. The van der Waals surface area contributed by atoms with Gasteiger partial charge >= 0.3 is 5.97 Å². The fourth-order valence-corrected chi connectivity index (χ4v) is 3.43. The van der Waals surface area contributed by atoms with Crippen LogP contribution in [0.25, 0.3) is 0 Å². The Morgan fingerprint density at radius 3 is 2.35 bits per heavy atom. The minimum Gasteiger partial charge on any atom is -0.496 e. The lowest BCUT2D eigenvalue weighted by Crippen LogP contribution is -2.16. The Balaban J connectivity index is 1.83. The minimum atomic E-state index is -0.542. The van der Waals surface area contributed by atoms with E-state index in [0.29, 0.717) is 30.1 Å². The van der Waals surface area contributed by atoms with Crippen molar-refractivity contribution in [3.8, 4) is 11.5 Å². The second-order valence-corrected chi connectivity index (χ2v) is 7.08. The Bertz CT molecular complexity index is 1010. The molecule has 0 aliphatic rings. The van der Waals surface area contributed by atoms with Crippen LogP contribution in [0.4, 0.5) is 0 Å². The fraction of sp³-hybridized carbons (Fsp3) is 0.231. The number of benzene rings is 3. The number of rotatable bonds is 10. The summed E-state index contributed by atoms with van der Waals surface area (Å²) in [6.45, 7) is 0.413. The van der Waals surface area contributed by atoms with Gasteiger partial charge in [-0.05, 0) is 30.2 Å². The van der Waals surface area contributed by atoms with E-state index in [4.69, 9.17) is 14.2 Å². The van der Waals surface area contributed by atoms with Crippen LogP contribution in [0, 0.1) is 0 Å². The van der Waals surface area contributed by atoms with Crippen molar-refractivity contribution < 1.29 is 23.8 Å². The fourth-order valence-electron chi connectivity index (χ4n) is 3.43. The van der Waals surface area contributed by atoms with E-state index in [1.165, 1.54) is 7.11 Å². The molecule has 0 radical (unpaired) electrons. The van der Waals surface area contributed by atoms with E-state index in [-0.39, 0.29) is 18.2 Å². The lowest BCUT2D eigenvalue weighted by molar-refractivity contribution is -0.140. The third kappa shape index (κ3) is 5.95. The first-order valence-corrected chi connectivity index (χ1v) is 10.1. The van der Waals surface area contributed by atoms with Gasteiger partial charge in [0, 0.05) is 17.5 Å². The maximum atomic E-state index is 13.5. The van der Waals surface area contributed by atoms with Gasteiger partial charge in [-0.25, -0.2) is 0 Å². The molecule has 0 heterocycles. The maximum absolute atomic E-state index is 13.5. The second kappa shape index (κ2) is 11.0. The standard InChI is InChI=1S/C26H26O5/c1-29-24-14-7-6-13-22(24)23(15-16-25(27)30-2)26(28)20-11-8-12-21(17-20)31-18-19-9-4-3-5-10-19/h3-14,17,23H,15-16,18H2,1-2H3. The molecule has 5 heteroatoms. The Morgan fingerprint density at radius 1 is 0.871 bits per heavy atom. The zero-order chi connectivity index (χ0) is 22.1. The van der Waals surface area contributed by atoms with Gasteiger partial charge in [0.05, 0.1) is 20.1 Å². The summed E-state index contributed by atoms with van der Waals surface area (Å²) in [5.74, 6) is 0.231. The molecule has 160 valence electrons. The van der Waals surface area contributed by atoms with Crippen LogP contribution >= 0.6 is 0 Å². The van der Waals surface area contributed by atoms with Crippen molar-refractivity contribution in [2.45, 2.75) is 25.4 Å². The highest BCUT2D eigenvalue weighted by molar-refractivity contribution is 6.01. The predicted octanol–water partition coefficient (Wildman–Crippen LogP) is 5.19. The molecule has 1 unspecified atom stereocenters. The molecule has 0 aliphatic carbocycles. The number of ketones is 1. The number of methoxy groups -OCH3 is 2. The molecule has 0 saturated heterocycles. The molecule has 0 bridgehead atoms. The average molecular weight is 418 g/mol. The van der Waals surface area contributed by atoms with Crippen LogP contribution in [-0.2, 0) is 16.1 Å². The van der Waals surface area contributed by atoms with Gasteiger partial charge in [0.25, 0.3) is 0 Å². The van der Waals surface area contributed by atoms with Crippen LogP contribution in [0.3, 0.4) is 0 Å². The molecule has 0 saturated carbocycles. The van der Waals surface area contributed by atoms with Crippen molar-refractivity contribution in [2.24, 2.45) is 0 Å². The van der Waals surface area contributed by atoms with Crippen LogP contribution in [-0.4, -0.2) is 26.0 Å². The van der Waals surface area contributed by atoms with Gasteiger partial charge in [0.2, 0.25) is 0 Å². The smallest absolute Gasteiger partial charge is 0.305 e. The summed E-state index contributed by atoms with van der Waals surface area (Å²) < 4.78 is 16.1. The highest BCUT2D eigenvalue weighted by Gasteiger charge is 2.26. The molecule has 0 aromatic heterocycles. The molecule has 0 N–H and O–H groups in total. The van der Waals surface area contributed by atoms with Gasteiger partial charge in [0.15, 0.2) is 5.78 Å². The quantitative estimate of drug-likeness (QED) is 0.335. The molecule has 0 fully saturated rings. The summed E-state index contributed by atoms with van der Waals surface area (Å²) in [5, 5.41) is 0. The normalized spacial score (nSPS) is 11.4. The molecule has 0 amide bonds. The van der Waals surface area contributed by atoms with E-state index < -0.39 is 5.92 Å². The lowest BCUT2D eigenvalue weighted by atomic mass is 9.86. The zero-order valence-electron chi connectivity index (χ0n) is 17.7. The zero-order valence-corrected chi connectivity index (χ0v) is 17.7. The van der Waals surface area contributed by atoms with E-state index in [2.05, 4.69) is 0 Å². The minimum absolute atomic E-state index is 0.0986. The number of esters is 1. The third-order valence-electron chi connectivity index (χ3n) is 5.06. The molecule has 0 aliphatic heterocycles. The van der Waals surface area contributed by atoms with E-state index in [0.717, 1.165) is 11.1 Å². The largest absolute Gasteiger partial charge is 0.496 e. The summed E-state index contributed by atoms with van der Waals surface area (Å²) in [6, 6.07) is 24.3. The number of carbonyl (C=O) groups is 2. The van der Waals surface area contributed by atoms with E-state index in [1.54, 1.807) is 25.3 Å². The van der Waals surface area contributed by atoms with Crippen LogP contribution in [0.1, 0.15) is 40.2 Å². The van der Waals surface area contributed by atoms with Gasteiger partial charge in [-0.1, -0.05) is 60.7 Å². The summed E-state index contributed by atoms with van der Waals surface area (Å²) >= 11 is 0. The van der Waals surface area contributed by atoms with Crippen LogP contribution in [0.15, 0.2) is 78.9 Å². The van der Waals surface area contributed by atoms with Crippen molar-refractivity contribution >= 4 is 11.8 Å². The van der Waals surface area contributed by atoms with Gasteiger partial charge < -0.3 is 14.2 Å². The Labute approximate surface area is 182 Å². The maximum Gasteiger partial charge on any atom is 0.305 e. The molecule has 3 aromatic carbocycles. The number of hydrogen-bond donors (Lipinski definition) is 0. The van der Waals surface area contributed by atoms with Crippen molar-refractivity contribution in [3.63, 3.8) is 0 Å². The molecule has 1 atom stereocenters. The Morgan fingerprint density at radius 2 is 1.61 bits per heavy atom. The summed E-state index contributed by atoms with van der Waals surface area (Å²) in [4.78, 5) is 25.2. The summed E-state index contributed by atoms with van der Waals surface area (Å²) in [5.41, 5.74) is 2.31. The molecule has 3 rings (SSSR count). The SMILES string of the molecule is COC(=O)CCC(C(=O)c1cccc(OCc2ccccc2)c1)c1ccccc1OC. The highest BCUT2D eigenvalue weighted by Crippen LogP contribution is 2.33. The number of carbonyl (C=O) groups excluding carboxylic acids is 2. The molecule has 5 nitrogen and oxygen atoms in total. The number of ether oxygens (including phenoxy) is 3. The van der Waals surface area contributed by atoms with Gasteiger partial charge in [-0.3, -0.25) is 9.59 Å². The molecule has 3 aromatic rings. The van der Waals surface area contributed by atoms with Crippen LogP contribution < -0.4 is 9.47 Å². The summed E-state index contributed by atoms with van der Waals surface area (Å²) in [7, 11) is 2.91. The van der Waals surface area contributed by atoms with Gasteiger partial charge in [-0.2, -0.15) is 0 Å². The second-order valence-electron chi connectivity index (χ2n) is 7.08. The van der Waals surface area contributed by atoms with Crippen LogP contribution in [0.2, 0.25) is 0 Å². The average Bonchev–Trinajstić information content (AvgIpc) is 2.83. The number of hydrogen-bond acceptors (Lipinski definition) is 5. The first kappa shape index (κ1) is 22.1. The molecular formula is C26H26O5. The summed E-state index contributed by atoms with van der Waals surface area (Å²) in [6.07, 6.45) is 0.454. The molecule has 31 heavy (non-hydrogen) atoms. The Kier molecular flexibility index (Phi) is 7.82. The van der Waals surface area contributed by atoms with E-state index >= 15 is 0 Å².